The minimum atomic E-state index is 0.498. The largest absolute Gasteiger partial charge is 0.243 e. The number of halogens is 2. The Balaban J connectivity index is 1.97. The number of hydrogen-bond acceptors (Lipinski definition) is 0. The van der Waals surface area contributed by atoms with E-state index in [1.54, 1.807) is 0 Å². The highest BCUT2D eigenvalue weighted by Crippen LogP contribution is 1.83. The molecule has 25 valence electrons. The molecule has 0 aromatic heterocycles. The van der Waals surface area contributed by atoms with Gasteiger partial charge in [0.2, 0.25) is 0 Å². The molecule has 0 rings (SSSR count). The molecule has 0 heterocycles. The molecule has 0 nitrogen and oxygen atoms in total. The zero-order valence-corrected chi connectivity index (χ0v) is 4.20. The lowest BCUT2D eigenvalue weighted by molar-refractivity contribution is 0.636. The Morgan fingerprint density at radius 1 is 2.00 bits per heavy atom. The van der Waals surface area contributed by atoms with Gasteiger partial charge in [-0.3, -0.25) is 0 Å². The van der Waals surface area contributed by atoms with Gasteiger partial charge in [-0.25, -0.2) is 4.39 Å². The summed E-state index contributed by atoms with van der Waals surface area (Å²) >= 11 is 1.92. The number of hydrogen-bond donors (Lipinski definition) is 0. The number of rotatable bonds is 1. The smallest absolute Gasteiger partial charge is 0.141 e. The van der Waals surface area contributed by atoms with Crippen molar-refractivity contribution in [3.63, 3.8) is 0 Å². The van der Waals surface area contributed by atoms with Crippen LogP contribution in [0.2, 0.25) is 0 Å². The van der Waals surface area contributed by atoms with Crippen LogP contribution in [0.5, 0.6) is 0 Å². The minimum Gasteiger partial charge on any atom is -0.243 e. The van der Waals surface area contributed by atoms with Gasteiger partial charge in [-0.05, 0) is 0 Å². The van der Waals surface area contributed by atoms with Crippen LogP contribution in [0.3, 0.4) is 0 Å². The predicted octanol–water partition coefficient (Wildman–Crippen LogP) is 1.55. The van der Waals surface area contributed by atoms with Gasteiger partial charge >= 0.3 is 0 Å². The van der Waals surface area contributed by atoms with Crippen LogP contribution in [0.4, 0.5) is 4.39 Å². The maximum absolute atomic E-state index is 10.6. The topological polar surface area (TPSA) is 0 Å². The summed E-state index contributed by atoms with van der Waals surface area (Å²) in [6, 6.07) is 0. The fraction of sp³-hybridized carbons (Fsp3) is 0.500. The quantitative estimate of drug-likeness (QED) is 0.416. The summed E-state index contributed by atoms with van der Waals surface area (Å²) < 4.78 is 11.1. The molecule has 0 bridgehead atoms. The summed E-state index contributed by atoms with van der Waals surface area (Å²) in [4.78, 5) is 0. The lowest BCUT2D eigenvalue weighted by atomic mass is 10.9. The van der Waals surface area contributed by atoms with E-state index < -0.39 is 0 Å². The molecule has 0 aliphatic carbocycles. The fourth-order valence-corrected chi connectivity index (χ4v) is 0. The van der Waals surface area contributed by atoms with E-state index in [-0.39, 0.29) is 0 Å². The molecule has 0 unspecified atom stereocenters. The van der Waals surface area contributed by atoms with E-state index in [0.717, 1.165) is 0 Å². The molecule has 0 fully saturated rings. The van der Waals surface area contributed by atoms with Crippen LogP contribution < -0.4 is 0 Å². The molecular weight excluding hydrogens is 170 g/mol. The van der Waals surface area contributed by atoms with E-state index in [2.05, 4.69) is 0 Å². The van der Waals surface area contributed by atoms with Gasteiger partial charge in [0.15, 0.2) is 0 Å². The van der Waals surface area contributed by atoms with Crippen LogP contribution in [-0.4, -0.2) is 4.43 Å². The Kier molecular flexibility index (Phi) is 4.26. The molecule has 0 aliphatic heterocycles. The Labute approximate surface area is 38.5 Å². The second kappa shape index (κ2) is 3.66. The van der Waals surface area contributed by atoms with Gasteiger partial charge in [-0.2, -0.15) is 0 Å². The van der Waals surface area contributed by atoms with Crippen molar-refractivity contribution >= 4 is 22.6 Å². The Bertz CT molecular complexity index is 8.00. The van der Waals surface area contributed by atoms with Crippen LogP contribution in [0.1, 0.15) is 0 Å². The van der Waals surface area contributed by atoms with Crippen LogP contribution in [0, 0.1) is 6.67 Å². The lowest BCUT2D eigenvalue weighted by Gasteiger charge is -1.61. The molecule has 0 atom stereocenters. The third-order valence-electron chi connectivity index (χ3n) is 0.0583. The van der Waals surface area contributed by atoms with Crippen molar-refractivity contribution in [2.45, 2.75) is 0 Å². The molecule has 0 spiro atoms. The van der Waals surface area contributed by atoms with Gasteiger partial charge in [0.25, 0.3) is 0 Å². The first-order chi connectivity index (χ1) is 1.91. The maximum Gasteiger partial charge on any atom is 0.141 e. The predicted molar refractivity (Wildman–Crippen MR) is 24.3 cm³/mol. The van der Waals surface area contributed by atoms with Crippen LogP contribution in [0.25, 0.3) is 0 Å². The van der Waals surface area contributed by atoms with E-state index in [1.165, 1.54) is 0 Å². The average molecular weight is 173 g/mol. The summed E-state index contributed by atoms with van der Waals surface area (Å²) in [6.45, 7) is 0.612. The third kappa shape index (κ3) is 2.66. The van der Waals surface area contributed by atoms with Crippen molar-refractivity contribution in [3.8, 4) is 0 Å². The van der Waals surface area contributed by atoms with Gasteiger partial charge in [-0.15, -0.1) is 0 Å². The third-order valence-corrected chi connectivity index (χ3v) is 0.391. The summed E-state index contributed by atoms with van der Waals surface area (Å²) in [5.74, 6) is 0. The van der Waals surface area contributed by atoms with Crippen molar-refractivity contribution in [3.05, 3.63) is 6.67 Å². The van der Waals surface area contributed by atoms with Gasteiger partial charge < -0.3 is 0 Å². The fourth-order valence-electron chi connectivity index (χ4n) is 0. The SMILES string of the molecule is F[CH]CI. The van der Waals surface area contributed by atoms with Crippen LogP contribution >= 0.6 is 22.6 Å². The molecule has 0 saturated heterocycles. The van der Waals surface area contributed by atoms with Crippen molar-refractivity contribution in [1.82, 2.24) is 0 Å². The average Bonchev–Trinajstić information content (AvgIpc) is 1.37. The Morgan fingerprint density at radius 2 is 2.25 bits per heavy atom. The van der Waals surface area contributed by atoms with Gasteiger partial charge in [0.05, 0.1) is 0 Å². The first kappa shape index (κ1) is 4.66. The van der Waals surface area contributed by atoms with Crippen molar-refractivity contribution in [1.29, 1.82) is 0 Å². The molecule has 0 aliphatic rings. The molecule has 0 amide bonds. The molecule has 0 aromatic carbocycles. The highest BCUT2D eigenvalue weighted by Gasteiger charge is 1.64. The lowest BCUT2D eigenvalue weighted by Crippen LogP contribution is -1.53. The van der Waals surface area contributed by atoms with Gasteiger partial charge in [-0.1, -0.05) is 22.6 Å². The molecule has 4 heavy (non-hydrogen) atoms. The molecule has 2 heteroatoms. The van der Waals surface area contributed by atoms with E-state index in [4.69, 9.17) is 0 Å². The molecule has 1 radical (unpaired) electrons. The van der Waals surface area contributed by atoms with E-state index in [0.29, 0.717) is 11.1 Å². The van der Waals surface area contributed by atoms with Crippen LogP contribution in [0.15, 0.2) is 0 Å². The highest BCUT2D eigenvalue weighted by atomic mass is 127. The zero-order valence-electron chi connectivity index (χ0n) is 2.04. The molecule has 0 saturated carbocycles. The minimum absolute atomic E-state index is 0.498. The molecule has 0 aromatic rings. The monoisotopic (exact) mass is 173 g/mol. The van der Waals surface area contributed by atoms with E-state index in [9.17, 15) is 4.39 Å². The summed E-state index contributed by atoms with van der Waals surface area (Å²) in [5.41, 5.74) is 0. The van der Waals surface area contributed by atoms with Gasteiger partial charge in [0, 0.05) is 4.43 Å². The maximum atomic E-state index is 10.6. The Morgan fingerprint density at radius 3 is 2.25 bits per heavy atom. The zero-order chi connectivity index (χ0) is 3.41. The first-order valence-corrected chi connectivity index (χ1v) is 2.42. The molecular formula is C2H3FI. The second-order valence-electron chi connectivity index (χ2n) is 0.309. The summed E-state index contributed by atoms with van der Waals surface area (Å²) in [7, 11) is 0. The summed E-state index contributed by atoms with van der Waals surface area (Å²) in [6.07, 6.45) is 0. The second-order valence-corrected chi connectivity index (χ2v) is 1.19. The van der Waals surface area contributed by atoms with Crippen molar-refractivity contribution in [2.24, 2.45) is 0 Å². The Hall–Kier alpha value is 0.660. The first-order valence-electron chi connectivity index (χ1n) is 0.894. The van der Waals surface area contributed by atoms with Gasteiger partial charge in [0.1, 0.15) is 6.67 Å². The van der Waals surface area contributed by atoms with Crippen LogP contribution in [-0.2, 0) is 0 Å². The standard InChI is InChI=1S/C2H3FI/c3-1-2-4/h1H,2H2. The van der Waals surface area contributed by atoms with Crippen molar-refractivity contribution in [2.75, 3.05) is 4.43 Å². The van der Waals surface area contributed by atoms with E-state index in [1.807, 2.05) is 22.6 Å². The van der Waals surface area contributed by atoms with Crippen molar-refractivity contribution < 1.29 is 4.39 Å². The normalized spacial score (nSPS) is 7.50. The molecule has 0 N–H and O–H groups in total. The van der Waals surface area contributed by atoms with E-state index >= 15 is 0 Å². The summed E-state index contributed by atoms with van der Waals surface area (Å²) in [5, 5.41) is 0. The number of alkyl halides is 1. The highest BCUT2D eigenvalue weighted by molar-refractivity contribution is 14.1.